The number of imidazole rings is 1. The molecule has 0 N–H and O–H groups in total. The molecule has 8 heteroatoms. The average Bonchev–Trinajstić information content (AvgIpc) is 3.52. The van der Waals surface area contributed by atoms with Crippen molar-refractivity contribution in [3.05, 3.63) is 107 Å². The molecule has 0 saturated carbocycles. The van der Waals surface area contributed by atoms with E-state index in [9.17, 15) is 8.78 Å². The Labute approximate surface area is 210 Å². The van der Waals surface area contributed by atoms with Gasteiger partial charge in [0.25, 0.3) is 0 Å². The standard InChI is InChI=1S/C28H19F2N5S/c1-17-32-26(16-36-17)21-11-9-20(10-12-21)19-7-5-18(6-8-19)14-35-15-25-24(13-31-35)33-28(34-25)22-3-2-4-23(29)27(22)30/h2-13,15-16H,14H2,1H3. The SMILES string of the molecule is Cc1nc(-c2ccc(-c3ccc(Cn4cc5nc(-c6cccc(F)c6F)nc-5cn4)cc3)cc2)cs1. The monoisotopic (exact) mass is 495 g/mol. The average molecular weight is 496 g/mol. The predicted molar refractivity (Wildman–Crippen MR) is 137 cm³/mol. The Balaban J connectivity index is 1.20. The Morgan fingerprint density at radius 3 is 2.19 bits per heavy atom. The molecule has 0 fully saturated rings. The summed E-state index contributed by atoms with van der Waals surface area (Å²) in [5.41, 5.74) is 6.56. The minimum atomic E-state index is -0.957. The molecule has 3 aromatic carbocycles. The lowest BCUT2D eigenvalue weighted by Crippen LogP contribution is -2.05. The van der Waals surface area contributed by atoms with Crippen LogP contribution in [0.2, 0.25) is 0 Å². The van der Waals surface area contributed by atoms with Crippen molar-refractivity contribution in [2.45, 2.75) is 13.5 Å². The van der Waals surface area contributed by atoms with Gasteiger partial charge in [-0.2, -0.15) is 5.10 Å². The topological polar surface area (TPSA) is 56.5 Å². The fourth-order valence-electron chi connectivity index (χ4n) is 4.06. The van der Waals surface area contributed by atoms with E-state index < -0.39 is 11.6 Å². The first-order valence-corrected chi connectivity index (χ1v) is 12.2. The second-order valence-electron chi connectivity index (χ2n) is 8.42. The maximum atomic E-state index is 14.2. The van der Waals surface area contributed by atoms with E-state index in [1.165, 1.54) is 12.1 Å². The number of aryl methyl sites for hydroxylation is 1. The molecule has 3 heterocycles. The number of aromatic nitrogens is 5. The molecule has 4 aromatic rings. The third kappa shape index (κ3) is 4.27. The molecule has 0 aliphatic carbocycles. The quantitative estimate of drug-likeness (QED) is 0.262. The minimum absolute atomic E-state index is 0.0306. The molecule has 0 radical (unpaired) electrons. The summed E-state index contributed by atoms with van der Waals surface area (Å²) in [6.45, 7) is 2.55. The normalized spacial score (nSPS) is 11.3. The van der Waals surface area contributed by atoms with Gasteiger partial charge in [0.15, 0.2) is 17.5 Å². The van der Waals surface area contributed by atoms with Crippen LogP contribution >= 0.6 is 11.3 Å². The van der Waals surface area contributed by atoms with E-state index in [0.29, 0.717) is 17.9 Å². The first-order chi connectivity index (χ1) is 17.5. The minimum Gasteiger partial charge on any atom is -0.266 e. The Kier molecular flexibility index (Phi) is 5.58. The number of benzene rings is 3. The van der Waals surface area contributed by atoms with Crippen LogP contribution in [-0.2, 0) is 6.54 Å². The molecule has 176 valence electrons. The lowest BCUT2D eigenvalue weighted by molar-refractivity contribution is 0.510. The van der Waals surface area contributed by atoms with Crippen molar-refractivity contribution in [3.63, 3.8) is 0 Å². The highest BCUT2D eigenvalue weighted by Crippen LogP contribution is 2.28. The number of fused-ring (bicyclic) bond motifs is 1. The van der Waals surface area contributed by atoms with Crippen molar-refractivity contribution < 1.29 is 8.78 Å². The molecule has 0 saturated heterocycles. The maximum Gasteiger partial charge on any atom is 0.169 e. The van der Waals surface area contributed by atoms with Gasteiger partial charge in [-0.3, -0.25) is 4.68 Å². The number of rotatable bonds is 5. The number of halogens is 2. The van der Waals surface area contributed by atoms with Gasteiger partial charge in [0.1, 0.15) is 11.4 Å². The third-order valence-corrected chi connectivity index (χ3v) is 6.71. The number of hydrogen-bond acceptors (Lipinski definition) is 5. The highest BCUT2D eigenvalue weighted by Gasteiger charge is 2.18. The van der Waals surface area contributed by atoms with Crippen molar-refractivity contribution in [2.75, 3.05) is 0 Å². The van der Waals surface area contributed by atoms with Gasteiger partial charge >= 0.3 is 0 Å². The Bertz CT molecular complexity index is 1640. The molecule has 36 heavy (non-hydrogen) atoms. The molecular formula is C28H19F2N5S. The van der Waals surface area contributed by atoms with Gasteiger partial charge in [0, 0.05) is 10.9 Å². The first kappa shape index (κ1) is 22.2. The molecule has 0 amide bonds. The summed E-state index contributed by atoms with van der Waals surface area (Å²) < 4.78 is 29.5. The maximum absolute atomic E-state index is 14.2. The van der Waals surface area contributed by atoms with Crippen LogP contribution in [0.1, 0.15) is 10.6 Å². The molecular weight excluding hydrogens is 476 g/mol. The summed E-state index contributed by atoms with van der Waals surface area (Å²) >= 11 is 1.65. The van der Waals surface area contributed by atoms with E-state index in [-0.39, 0.29) is 11.4 Å². The second-order valence-corrected chi connectivity index (χ2v) is 9.48. The number of nitrogens with zero attached hydrogens (tertiary/aromatic N) is 5. The summed E-state index contributed by atoms with van der Waals surface area (Å²) in [4.78, 5) is 13.2. The summed E-state index contributed by atoms with van der Waals surface area (Å²) in [6.07, 6.45) is 3.35. The summed E-state index contributed by atoms with van der Waals surface area (Å²) in [6, 6.07) is 20.7. The zero-order chi connectivity index (χ0) is 24.6. The predicted octanol–water partition coefficient (Wildman–Crippen LogP) is 6.87. The molecule has 0 spiro atoms. The van der Waals surface area contributed by atoms with Crippen molar-refractivity contribution >= 4 is 11.3 Å². The van der Waals surface area contributed by atoms with Gasteiger partial charge in [0.05, 0.1) is 35.2 Å². The second kappa shape index (κ2) is 9.05. The van der Waals surface area contributed by atoms with Crippen molar-refractivity contribution in [1.29, 1.82) is 0 Å². The highest BCUT2D eigenvalue weighted by molar-refractivity contribution is 7.09. The molecule has 0 unspecified atom stereocenters. The van der Waals surface area contributed by atoms with Crippen LogP contribution in [0.3, 0.4) is 0 Å². The van der Waals surface area contributed by atoms with Gasteiger partial charge in [-0.1, -0.05) is 54.6 Å². The molecule has 1 aromatic heterocycles. The number of thiazole rings is 1. The molecule has 2 aliphatic rings. The summed E-state index contributed by atoms with van der Waals surface area (Å²) in [5, 5.41) is 7.54. The summed E-state index contributed by atoms with van der Waals surface area (Å²) in [7, 11) is 0. The molecule has 0 atom stereocenters. The van der Waals surface area contributed by atoms with E-state index in [1.807, 2.05) is 6.92 Å². The smallest absolute Gasteiger partial charge is 0.169 e. The Hall–Kier alpha value is -4.30. The van der Waals surface area contributed by atoms with Gasteiger partial charge in [-0.05, 0) is 35.7 Å². The lowest BCUT2D eigenvalue weighted by atomic mass is 10.0. The Morgan fingerprint density at radius 1 is 0.778 bits per heavy atom. The van der Waals surface area contributed by atoms with Crippen molar-refractivity contribution in [2.24, 2.45) is 0 Å². The first-order valence-electron chi connectivity index (χ1n) is 11.3. The molecule has 5 nitrogen and oxygen atoms in total. The van der Waals surface area contributed by atoms with Crippen LogP contribution in [0, 0.1) is 18.6 Å². The van der Waals surface area contributed by atoms with E-state index in [0.717, 1.165) is 39.0 Å². The third-order valence-electron chi connectivity index (χ3n) is 5.94. The van der Waals surface area contributed by atoms with Gasteiger partial charge in [-0.25, -0.2) is 23.7 Å². The van der Waals surface area contributed by atoms with Crippen LogP contribution in [-0.4, -0.2) is 24.7 Å². The van der Waals surface area contributed by atoms with Crippen molar-refractivity contribution in [3.8, 4) is 45.2 Å². The summed E-state index contributed by atoms with van der Waals surface area (Å²) in [5.74, 6) is -1.74. The molecule has 0 bridgehead atoms. The van der Waals surface area contributed by atoms with E-state index in [2.05, 4.69) is 74.0 Å². The van der Waals surface area contributed by atoms with E-state index in [4.69, 9.17) is 0 Å². The van der Waals surface area contributed by atoms with Crippen LogP contribution < -0.4 is 0 Å². The zero-order valence-corrected chi connectivity index (χ0v) is 20.0. The van der Waals surface area contributed by atoms with Crippen LogP contribution in [0.5, 0.6) is 0 Å². The van der Waals surface area contributed by atoms with Crippen LogP contribution in [0.4, 0.5) is 8.78 Å². The fourth-order valence-corrected chi connectivity index (χ4v) is 4.69. The molecule has 2 aliphatic heterocycles. The Morgan fingerprint density at radius 2 is 1.47 bits per heavy atom. The van der Waals surface area contributed by atoms with Crippen molar-refractivity contribution in [1.82, 2.24) is 24.7 Å². The zero-order valence-electron chi connectivity index (χ0n) is 19.2. The highest BCUT2D eigenvalue weighted by atomic mass is 32.1. The van der Waals surface area contributed by atoms with Crippen LogP contribution in [0.25, 0.3) is 45.2 Å². The van der Waals surface area contributed by atoms with E-state index >= 15 is 0 Å². The van der Waals surface area contributed by atoms with Gasteiger partial charge in [0.2, 0.25) is 0 Å². The largest absolute Gasteiger partial charge is 0.266 e. The number of hydrogen-bond donors (Lipinski definition) is 0. The van der Waals surface area contributed by atoms with Gasteiger partial charge in [-0.15, -0.1) is 11.3 Å². The van der Waals surface area contributed by atoms with Gasteiger partial charge < -0.3 is 0 Å². The fraction of sp³-hybridized carbons (Fsp3) is 0.0714. The van der Waals surface area contributed by atoms with Crippen LogP contribution in [0.15, 0.2) is 84.5 Å². The molecule has 6 rings (SSSR count). The van der Waals surface area contributed by atoms with E-state index in [1.54, 1.807) is 28.4 Å². The lowest BCUT2D eigenvalue weighted by Gasteiger charge is -2.08.